The second-order valence-corrected chi connectivity index (χ2v) is 6.20. The summed E-state index contributed by atoms with van der Waals surface area (Å²) in [4.78, 5) is 35.2. The number of benzene rings is 1. The van der Waals surface area contributed by atoms with Gasteiger partial charge in [0.05, 0.1) is 18.2 Å². The van der Waals surface area contributed by atoms with Crippen molar-refractivity contribution in [2.24, 2.45) is 0 Å². The molecule has 0 saturated heterocycles. The fourth-order valence-corrected chi connectivity index (χ4v) is 3.04. The number of rotatable bonds is 8. The molecule has 0 fully saturated rings. The number of hydrogen-bond donors (Lipinski definition) is 0. The Labute approximate surface area is 152 Å². The lowest BCUT2D eigenvalue weighted by molar-refractivity contribution is 0.0474. The second kappa shape index (κ2) is 8.58. The van der Waals surface area contributed by atoms with Crippen molar-refractivity contribution in [2.45, 2.75) is 26.8 Å². The monoisotopic (exact) mass is 357 g/mol. The van der Waals surface area contributed by atoms with Gasteiger partial charge in [0, 0.05) is 29.6 Å². The number of aldehydes is 1. The number of nitrogens with zero attached hydrogens (tertiary/aromatic N) is 1. The molecule has 26 heavy (non-hydrogen) atoms. The Bertz CT molecular complexity index is 804. The standard InChI is InChI=1S/C20H23NO5/c1-13-9-18(15(3)21(13)14(2)11-25-4)19(23)12-26-20(24)17-7-5-16(10-22)6-8-17/h5-10,14H,11-12H2,1-4H3/t14-/m1/s1. The fourth-order valence-electron chi connectivity index (χ4n) is 3.04. The molecule has 0 aliphatic heterocycles. The topological polar surface area (TPSA) is 74.6 Å². The van der Waals surface area contributed by atoms with Gasteiger partial charge in [-0.05, 0) is 39.0 Å². The highest BCUT2D eigenvalue weighted by Gasteiger charge is 2.20. The van der Waals surface area contributed by atoms with Gasteiger partial charge in [0.2, 0.25) is 5.78 Å². The first-order valence-corrected chi connectivity index (χ1v) is 8.32. The van der Waals surface area contributed by atoms with Crippen molar-refractivity contribution in [1.82, 2.24) is 4.57 Å². The van der Waals surface area contributed by atoms with Crippen LogP contribution >= 0.6 is 0 Å². The van der Waals surface area contributed by atoms with Crippen molar-refractivity contribution in [3.63, 3.8) is 0 Å². The van der Waals surface area contributed by atoms with Crippen molar-refractivity contribution >= 4 is 18.0 Å². The molecule has 0 spiro atoms. The number of Topliss-reactive ketones (excluding diaryl/α,β-unsaturated/α-hetero) is 1. The van der Waals surface area contributed by atoms with Crippen LogP contribution in [0.2, 0.25) is 0 Å². The van der Waals surface area contributed by atoms with Crippen LogP contribution < -0.4 is 0 Å². The van der Waals surface area contributed by atoms with E-state index in [4.69, 9.17) is 9.47 Å². The van der Waals surface area contributed by atoms with E-state index in [0.717, 1.165) is 11.4 Å². The molecular weight excluding hydrogens is 334 g/mol. The normalized spacial score (nSPS) is 11.8. The highest BCUT2D eigenvalue weighted by Crippen LogP contribution is 2.21. The van der Waals surface area contributed by atoms with Crippen LogP contribution in [0.3, 0.4) is 0 Å². The van der Waals surface area contributed by atoms with Gasteiger partial charge in [-0.3, -0.25) is 9.59 Å². The Morgan fingerprint density at radius 1 is 1.19 bits per heavy atom. The molecule has 0 aliphatic rings. The van der Waals surface area contributed by atoms with Crippen LogP contribution in [0.25, 0.3) is 0 Å². The van der Waals surface area contributed by atoms with Crippen LogP contribution in [0.15, 0.2) is 30.3 Å². The van der Waals surface area contributed by atoms with E-state index < -0.39 is 5.97 Å². The summed E-state index contributed by atoms with van der Waals surface area (Å²) in [6.45, 7) is 6.01. The average molecular weight is 357 g/mol. The lowest BCUT2D eigenvalue weighted by atomic mass is 10.1. The largest absolute Gasteiger partial charge is 0.454 e. The number of aryl methyl sites for hydroxylation is 1. The third-order valence-electron chi connectivity index (χ3n) is 4.25. The van der Waals surface area contributed by atoms with Gasteiger partial charge in [0.25, 0.3) is 0 Å². The Kier molecular flexibility index (Phi) is 6.46. The number of carbonyl (C=O) groups is 3. The number of esters is 1. The molecule has 0 N–H and O–H groups in total. The van der Waals surface area contributed by atoms with E-state index in [-0.39, 0.29) is 18.4 Å². The lowest BCUT2D eigenvalue weighted by Gasteiger charge is -2.17. The molecule has 1 aromatic carbocycles. The molecule has 138 valence electrons. The van der Waals surface area contributed by atoms with Gasteiger partial charge in [-0.1, -0.05) is 12.1 Å². The predicted octanol–water partition coefficient (Wildman–Crippen LogP) is 3.16. The predicted molar refractivity (Wildman–Crippen MR) is 96.9 cm³/mol. The highest BCUT2D eigenvalue weighted by molar-refractivity contribution is 6.00. The lowest BCUT2D eigenvalue weighted by Crippen LogP contribution is -2.17. The molecule has 2 rings (SSSR count). The molecule has 0 bridgehead atoms. The van der Waals surface area contributed by atoms with Gasteiger partial charge in [-0.15, -0.1) is 0 Å². The van der Waals surface area contributed by atoms with E-state index in [0.29, 0.717) is 29.6 Å². The first-order chi connectivity index (χ1) is 12.4. The van der Waals surface area contributed by atoms with Crippen molar-refractivity contribution in [3.8, 4) is 0 Å². The summed E-state index contributed by atoms with van der Waals surface area (Å²) in [5.41, 5.74) is 3.07. The van der Waals surface area contributed by atoms with Gasteiger partial charge in [-0.2, -0.15) is 0 Å². The summed E-state index contributed by atoms with van der Waals surface area (Å²) in [6, 6.07) is 7.94. The molecule has 2 aromatic rings. The van der Waals surface area contributed by atoms with E-state index in [1.165, 1.54) is 24.3 Å². The smallest absolute Gasteiger partial charge is 0.338 e. The highest BCUT2D eigenvalue weighted by atomic mass is 16.5. The Morgan fingerprint density at radius 2 is 1.85 bits per heavy atom. The minimum absolute atomic E-state index is 0.0976. The van der Waals surface area contributed by atoms with E-state index in [2.05, 4.69) is 0 Å². The van der Waals surface area contributed by atoms with E-state index in [9.17, 15) is 14.4 Å². The van der Waals surface area contributed by atoms with Gasteiger partial charge in [0.15, 0.2) is 6.61 Å². The third-order valence-corrected chi connectivity index (χ3v) is 4.25. The number of aromatic nitrogens is 1. The van der Waals surface area contributed by atoms with Crippen LogP contribution in [-0.4, -0.2) is 42.9 Å². The number of ether oxygens (including phenoxy) is 2. The summed E-state index contributed by atoms with van der Waals surface area (Å²) in [5, 5.41) is 0. The van der Waals surface area contributed by atoms with Crippen molar-refractivity contribution in [2.75, 3.05) is 20.3 Å². The summed E-state index contributed by atoms with van der Waals surface area (Å²) < 4.78 is 12.3. The Hall–Kier alpha value is -2.73. The van der Waals surface area contributed by atoms with Gasteiger partial charge < -0.3 is 14.0 Å². The average Bonchev–Trinajstić information content (AvgIpc) is 2.94. The van der Waals surface area contributed by atoms with E-state index in [1.807, 2.05) is 25.3 Å². The molecule has 0 saturated carbocycles. The van der Waals surface area contributed by atoms with E-state index in [1.54, 1.807) is 13.2 Å². The summed E-state index contributed by atoms with van der Waals surface area (Å²) in [7, 11) is 1.64. The third kappa shape index (κ3) is 4.26. The minimum Gasteiger partial charge on any atom is -0.454 e. The van der Waals surface area contributed by atoms with Crippen LogP contribution in [0.5, 0.6) is 0 Å². The first-order valence-electron chi connectivity index (χ1n) is 8.32. The summed E-state index contributed by atoms with van der Waals surface area (Å²) in [6.07, 6.45) is 0.693. The molecule has 6 heteroatoms. The molecule has 1 heterocycles. The molecule has 0 amide bonds. The van der Waals surface area contributed by atoms with Crippen LogP contribution in [0.4, 0.5) is 0 Å². The summed E-state index contributed by atoms with van der Waals surface area (Å²) in [5.74, 6) is -0.857. The maximum atomic E-state index is 12.5. The van der Waals surface area contributed by atoms with Crippen LogP contribution in [-0.2, 0) is 9.47 Å². The molecule has 0 unspecified atom stereocenters. The quantitative estimate of drug-likeness (QED) is 0.412. The Balaban J connectivity index is 2.06. The summed E-state index contributed by atoms with van der Waals surface area (Å²) >= 11 is 0. The molecule has 1 atom stereocenters. The number of hydrogen-bond acceptors (Lipinski definition) is 5. The minimum atomic E-state index is -0.600. The molecule has 0 radical (unpaired) electrons. The maximum absolute atomic E-state index is 12.5. The van der Waals surface area contributed by atoms with Gasteiger partial charge in [0.1, 0.15) is 6.29 Å². The van der Waals surface area contributed by atoms with Gasteiger partial charge in [-0.25, -0.2) is 4.79 Å². The molecular formula is C20H23NO5. The fraction of sp³-hybridized carbons (Fsp3) is 0.350. The van der Waals surface area contributed by atoms with E-state index >= 15 is 0 Å². The molecule has 0 aliphatic carbocycles. The van der Waals surface area contributed by atoms with Crippen molar-refractivity contribution < 1.29 is 23.9 Å². The zero-order chi connectivity index (χ0) is 19.3. The molecule has 6 nitrogen and oxygen atoms in total. The number of methoxy groups -OCH3 is 1. The van der Waals surface area contributed by atoms with Gasteiger partial charge >= 0.3 is 5.97 Å². The first kappa shape index (κ1) is 19.6. The second-order valence-electron chi connectivity index (χ2n) is 6.20. The van der Waals surface area contributed by atoms with Crippen molar-refractivity contribution in [3.05, 3.63) is 58.4 Å². The number of carbonyl (C=O) groups excluding carboxylic acids is 3. The van der Waals surface area contributed by atoms with Crippen LogP contribution in [0, 0.1) is 13.8 Å². The zero-order valence-corrected chi connectivity index (χ0v) is 15.4. The SMILES string of the molecule is COC[C@@H](C)n1c(C)cc(C(=O)COC(=O)c2ccc(C=O)cc2)c1C. The van der Waals surface area contributed by atoms with Crippen LogP contribution in [0.1, 0.15) is 55.4 Å². The molecule has 1 aromatic heterocycles. The maximum Gasteiger partial charge on any atom is 0.338 e. The van der Waals surface area contributed by atoms with Crippen molar-refractivity contribution in [1.29, 1.82) is 0 Å². The number of ketones is 1. The Morgan fingerprint density at radius 3 is 2.42 bits per heavy atom. The zero-order valence-electron chi connectivity index (χ0n) is 15.4.